The fourth-order valence-electron chi connectivity index (χ4n) is 2.90. The molecule has 2 aromatic rings. The zero-order chi connectivity index (χ0) is 23.5. The van der Waals surface area contributed by atoms with Crippen molar-refractivity contribution in [1.29, 1.82) is 0 Å². The van der Waals surface area contributed by atoms with Gasteiger partial charge in [-0.25, -0.2) is 4.79 Å². The lowest BCUT2D eigenvalue weighted by molar-refractivity contribution is -0.142. The van der Waals surface area contributed by atoms with Gasteiger partial charge in [0.1, 0.15) is 17.8 Å². The second-order valence-corrected chi connectivity index (χ2v) is 7.06. The Balaban J connectivity index is 2.13. The highest BCUT2D eigenvalue weighted by Gasteiger charge is 2.27. The lowest BCUT2D eigenvalue weighted by Gasteiger charge is -2.22. The monoisotopic (exact) mass is 442 g/mol. The minimum atomic E-state index is -1.22. The average molecular weight is 442 g/mol. The number of benzene rings is 2. The summed E-state index contributed by atoms with van der Waals surface area (Å²) < 4.78 is 0. The van der Waals surface area contributed by atoms with Crippen molar-refractivity contribution in [2.75, 3.05) is 13.1 Å². The highest BCUT2D eigenvalue weighted by molar-refractivity contribution is 5.92. The van der Waals surface area contributed by atoms with E-state index in [1.54, 1.807) is 42.5 Å². The van der Waals surface area contributed by atoms with E-state index in [0.29, 0.717) is 5.56 Å². The molecule has 32 heavy (non-hydrogen) atoms. The van der Waals surface area contributed by atoms with Gasteiger partial charge < -0.3 is 31.9 Å². The molecule has 3 amide bonds. The quantitative estimate of drug-likeness (QED) is 0.267. The molecule has 7 N–H and O–H groups in total. The van der Waals surface area contributed by atoms with Gasteiger partial charge >= 0.3 is 5.97 Å². The van der Waals surface area contributed by atoms with Crippen LogP contribution < -0.4 is 21.7 Å². The summed E-state index contributed by atoms with van der Waals surface area (Å²) in [5, 5.41) is 26.3. The van der Waals surface area contributed by atoms with Crippen LogP contribution >= 0.6 is 0 Å². The van der Waals surface area contributed by atoms with Crippen LogP contribution in [0.3, 0.4) is 0 Å². The Bertz CT molecular complexity index is 933. The molecule has 0 radical (unpaired) electrons. The van der Waals surface area contributed by atoms with Gasteiger partial charge in [-0.1, -0.05) is 42.5 Å². The van der Waals surface area contributed by atoms with Gasteiger partial charge in [-0.3, -0.25) is 14.4 Å². The molecular formula is C22H26N4O6. The molecule has 0 saturated carbocycles. The van der Waals surface area contributed by atoms with Crippen LogP contribution in [0.15, 0.2) is 54.6 Å². The van der Waals surface area contributed by atoms with Crippen molar-refractivity contribution in [3.05, 3.63) is 65.7 Å². The first-order chi connectivity index (χ1) is 15.3. The third kappa shape index (κ3) is 8.07. The normalized spacial score (nSPS) is 12.3. The Kier molecular flexibility index (Phi) is 9.18. The summed E-state index contributed by atoms with van der Waals surface area (Å²) in [6.45, 7) is -0.674. The highest BCUT2D eigenvalue weighted by Crippen LogP contribution is 2.12. The minimum Gasteiger partial charge on any atom is -0.508 e. The molecule has 2 rings (SSSR count). The molecule has 0 aliphatic rings. The van der Waals surface area contributed by atoms with Gasteiger partial charge in [-0.05, 0) is 23.3 Å². The van der Waals surface area contributed by atoms with Crippen LogP contribution in [0.1, 0.15) is 11.1 Å². The number of carbonyl (C=O) groups is 4. The summed E-state index contributed by atoms with van der Waals surface area (Å²) in [6.07, 6.45) is 0.106. The van der Waals surface area contributed by atoms with Crippen molar-refractivity contribution in [2.45, 2.75) is 24.9 Å². The van der Waals surface area contributed by atoms with Gasteiger partial charge in [0.15, 0.2) is 0 Å². The Morgan fingerprint density at radius 1 is 0.812 bits per heavy atom. The Hall–Kier alpha value is -3.92. The van der Waals surface area contributed by atoms with Crippen LogP contribution in [0.2, 0.25) is 0 Å². The predicted octanol–water partition coefficient (Wildman–Crippen LogP) is -0.693. The first-order valence-electron chi connectivity index (χ1n) is 9.89. The number of amides is 3. The van der Waals surface area contributed by atoms with Crippen LogP contribution in [0.25, 0.3) is 0 Å². The molecule has 2 aromatic carbocycles. The average Bonchev–Trinajstić information content (AvgIpc) is 2.78. The van der Waals surface area contributed by atoms with Crippen LogP contribution in [0.4, 0.5) is 0 Å². The number of phenols is 1. The van der Waals surface area contributed by atoms with Crippen molar-refractivity contribution in [1.82, 2.24) is 16.0 Å². The molecule has 10 heteroatoms. The fraction of sp³-hybridized carbons (Fsp3) is 0.273. The standard InChI is InChI=1S/C22H26N4O6/c23-12-19(28)24-13-20(29)25-17(10-15-6-8-16(27)9-7-15)21(30)26-18(22(31)32)11-14-4-2-1-3-5-14/h1-9,17-18,27H,10-13,23H2,(H,24,28)(H,25,29)(H,26,30)(H,31,32). The fourth-order valence-corrected chi connectivity index (χ4v) is 2.90. The predicted molar refractivity (Wildman–Crippen MR) is 116 cm³/mol. The van der Waals surface area contributed by atoms with Crippen LogP contribution in [-0.2, 0) is 32.0 Å². The van der Waals surface area contributed by atoms with Gasteiger partial charge in [0.2, 0.25) is 17.7 Å². The maximum Gasteiger partial charge on any atom is 0.326 e. The zero-order valence-electron chi connectivity index (χ0n) is 17.3. The third-order valence-corrected chi connectivity index (χ3v) is 4.56. The van der Waals surface area contributed by atoms with E-state index in [0.717, 1.165) is 5.56 Å². The molecule has 0 heterocycles. The van der Waals surface area contributed by atoms with E-state index in [1.807, 2.05) is 0 Å². The number of carboxylic acid groups (broad SMARTS) is 1. The molecule has 0 aliphatic carbocycles. The largest absolute Gasteiger partial charge is 0.508 e. The smallest absolute Gasteiger partial charge is 0.326 e. The van der Waals surface area contributed by atoms with Gasteiger partial charge in [0.05, 0.1) is 13.1 Å². The number of carboxylic acids is 1. The topological polar surface area (TPSA) is 171 Å². The minimum absolute atomic E-state index is 0.0390. The Morgan fingerprint density at radius 2 is 1.41 bits per heavy atom. The second kappa shape index (κ2) is 12.1. The van der Waals surface area contributed by atoms with Gasteiger partial charge in [-0.2, -0.15) is 0 Å². The van der Waals surface area contributed by atoms with Gasteiger partial charge in [-0.15, -0.1) is 0 Å². The van der Waals surface area contributed by atoms with Crippen molar-refractivity contribution in [3.63, 3.8) is 0 Å². The summed E-state index contributed by atoms with van der Waals surface area (Å²) in [7, 11) is 0. The number of hydrogen-bond donors (Lipinski definition) is 6. The summed E-state index contributed by atoms with van der Waals surface area (Å²) in [5.74, 6) is -3.04. The third-order valence-electron chi connectivity index (χ3n) is 4.56. The van der Waals surface area contributed by atoms with Gasteiger partial charge in [0.25, 0.3) is 0 Å². The number of nitrogens with two attached hydrogens (primary N) is 1. The van der Waals surface area contributed by atoms with E-state index in [2.05, 4.69) is 16.0 Å². The summed E-state index contributed by atoms with van der Waals surface area (Å²) >= 11 is 0. The SMILES string of the molecule is NCC(=O)NCC(=O)NC(Cc1ccc(O)cc1)C(=O)NC(Cc1ccccc1)C(=O)O. The molecule has 10 nitrogen and oxygen atoms in total. The number of aliphatic carboxylic acids is 1. The molecule has 2 atom stereocenters. The number of carbonyl (C=O) groups excluding carboxylic acids is 3. The summed E-state index contributed by atoms with van der Waals surface area (Å²) in [6, 6.07) is 12.5. The van der Waals surface area contributed by atoms with Crippen LogP contribution in [0, 0.1) is 0 Å². The highest BCUT2D eigenvalue weighted by atomic mass is 16.4. The first-order valence-corrected chi connectivity index (χ1v) is 9.89. The van der Waals surface area contributed by atoms with Crippen molar-refractivity contribution in [3.8, 4) is 5.75 Å². The van der Waals surface area contributed by atoms with Crippen molar-refractivity contribution < 1.29 is 29.4 Å². The molecule has 0 aromatic heterocycles. The summed E-state index contributed by atoms with van der Waals surface area (Å²) in [4.78, 5) is 48.1. The molecule has 0 fully saturated rings. The summed E-state index contributed by atoms with van der Waals surface area (Å²) in [5.41, 5.74) is 6.54. The van der Waals surface area contributed by atoms with Gasteiger partial charge in [0, 0.05) is 12.8 Å². The zero-order valence-corrected chi connectivity index (χ0v) is 17.3. The first kappa shape index (κ1) is 24.4. The Labute approximate surface area is 184 Å². The van der Waals surface area contributed by atoms with E-state index in [-0.39, 0.29) is 31.7 Å². The van der Waals surface area contributed by atoms with Crippen molar-refractivity contribution >= 4 is 23.7 Å². The molecule has 0 spiro atoms. The number of rotatable bonds is 11. The lowest BCUT2D eigenvalue weighted by atomic mass is 10.0. The maximum atomic E-state index is 12.9. The van der Waals surface area contributed by atoms with E-state index >= 15 is 0 Å². The van der Waals surface area contributed by atoms with Crippen LogP contribution in [0.5, 0.6) is 5.75 Å². The molecule has 0 bridgehead atoms. The number of phenolic OH excluding ortho intramolecular Hbond substituents is 1. The molecule has 0 aliphatic heterocycles. The lowest BCUT2D eigenvalue weighted by Crippen LogP contribution is -2.54. The van der Waals surface area contributed by atoms with E-state index in [1.165, 1.54) is 12.1 Å². The Morgan fingerprint density at radius 3 is 2.00 bits per heavy atom. The number of nitrogens with one attached hydrogen (secondary N) is 3. The van der Waals surface area contributed by atoms with Crippen LogP contribution in [-0.4, -0.2) is 59.1 Å². The van der Waals surface area contributed by atoms with E-state index < -0.39 is 35.8 Å². The van der Waals surface area contributed by atoms with E-state index in [4.69, 9.17) is 5.73 Å². The molecule has 0 saturated heterocycles. The maximum absolute atomic E-state index is 12.9. The number of aromatic hydroxyl groups is 1. The van der Waals surface area contributed by atoms with Crippen molar-refractivity contribution in [2.24, 2.45) is 5.73 Å². The second-order valence-electron chi connectivity index (χ2n) is 7.06. The molecule has 170 valence electrons. The van der Waals surface area contributed by atoms with E-state index in [9.17, 15) is 29.4 Å². The molecule has 2 unspecified atom stereocenters. The number of hydrogen-bond acceptors (Lipinski definition) is 6. The molecular weight excluding hydrogens is 416 g/mol.